The van der Waals surface area contributed by atoms with E-state index in [9.17, 15) is 18.0 Å². The van der Waals surface area contributed by atoms with Crippen molar-refractivity contribution in [1.29, 1.82) is 0 Å². The van der Waals surface area contributed by atoms with Crippen LogP contribution in [0.15, 0.2) is 53.8 Å². The van der Waals surface area contributed by atoms with Crippen molar-refractivity contribution in [2.24, 2.45) is 0 Å². The molecule has 5 nitrogen and oxygen atoms in total. The molecule has 0 aliphatic carbocycles. The van der Waals surface area contributed by atoms with Crippen LogP contribution in [0.1, 0.15) is 12.5 Å². The molecule has 1 atom stereocenters. The third-order valence-corrected chi connectivity index (χ3v) is 4.45. The predicted octanol–water partition coefficient (Wildman–Crippen LogP) is 3.87. The van der Waals surface area contributed by atoms with Crippen molar-refractivity contribution >= 4 is 29.0 Å². The van der Waals surface area contributed by atoms with Gasteiger partial charge in [0.1, 0.15) is 0 Å². The molecule has 0 saturated carbocycles. The molecule has 0 spiro atoms. The zero-order valence-electron chi connectivity index (χ0n) is 13.0. The van der Waals surface area contributed by atoms with E-state index in [0.717, 1.165) is 12.1 Å². The first-order valence-corrected chi connectivity index (χ1v) is 8.17. The van der Waals surface area contributed by atoms with Crippen LogP contribution in [0.4, 0.5) is 18.9 Å². The summed E-state index contributed by atoms with van der Waals surface area (Å²) in [7, 11) is 0. The number of halogens is 3. The molecule has 0 radical (unpaired) electrons. The number of hydrogen-bond donors (Lipinski definition) is 1. The normalized spacial score (nSPS) is 13.0. The number of rotatable bonds is 4. The molecule has 0 aliphatic heterocycles. The van der Waals surface area contributed by atoms with E-state index in [4.69, 9.17) is 0 Å². The molecule has 0 fully saturated rings. The Hall–Kier alpha value is -2.55. The fourth-order valence-electron chi connectivity index (χ4n) is 2.13. The summed E-state index contributed by atoms with van der Waals surface area (Å²) >= 11 is 1.17. The number of aromatic nitrogens is 3. The quantitative estimate of drug-likeness (QED) is 0.712. The molecule has 0 saturated heterocycles. The summed E-state index contributed by atoms with van der Waals surface area (Å²) in [6, 6.07) is 9.94. The number of nitrogens with one attached hydrogen (secondary N) is 1. The summed E-state index contributed by atoms with van der Waals surface area (Å²) in [5, 5.41) is 10.5. The zero-order chi connectivity index (χ0) is 18.0. The average molecular weight is 366 g/mol. The Labute approximate surface area is 145 Å². The van der Waals surface area contributed by atoms with Gasteiger partial charge in [0.25, 0.3) is 0 Å². The van der Waals surface area contributed by atoms with Crippen LogP contribution in [0.25, 0.3) is 5.65 Å². The number of thioether (sulfide) groups is 1. The van der Waals surface area contributed by atoms with Gasteiger partial charge >= 0.3 is 6.18 Å². The first-order chi connectivity index (χ1) is 11.8. The van der Waals surface area contributed by atoms with E-state index in [0.29, 0.717) is 10.8 Å². The van der Waals surface area contributed by atoms with E-state index in [2.05, 4.69) is 15.5 Å². The molecule has 9 heteroatoms. The number of carbonyl (C=O) groups excluding carboxylic acids is 1. The predicted molar refractivity (Wildman–Crippen MR) is 88.4 cm³/mol. The van der Waals surface area contributed by atoms with Crippen LogP contribution in [-0.4, -0.2) is 25.8 Å². The lowest BCUT2D eigenvalue weighted by Crippen LogP contribution is -2.23. The number of hydrogen-bond acceptors (Lipinski definition) is 4. The van der Waals surface area contributed by atoms with Gasteiger partial charge in [-0.2, -0.15) is 13.2 Å². The molecular formula is C16H13F3N4OS. The minimum absolute atomic E-state index is 0.0957. The highest BCUT2D eigenvalue weighted by Crippen LogP contribution is 2.31. The van der Waals surface area contributed by atoms with E-state index < -0.39 is 22.9 Å². The third-order valence-electron chi connectivity index (χ3n) is 3.39. The highest BCUT2D eigenvalue weighted by atomic mass is 32.2. The maximum Gasteiger partial charge on any atom is 0.416 e. The van der Waals surface area contributed by atoms with E-state index >= 15 is 0 Å². The second-order valence-electron chi connectivity index (χ2n) is 5.24. The Morgan fingerprint density at radius 3 is 2.76 bits per heavy atom. The van der Waals surface area contributed by atoms with Gasteiger partial charge in [-0.1, -0.05) is 23.9 Å². The van der Waals surface area contributed by atoms with Gasteiger partial charge in [0.2, 0.25) is 5.91 Å². The van der Waals surface area contributed by atoms with E-state index in [1.165, 1.54) is 23.9 Å². The molecule has 3 aromatic rings. The number of carbonyl (C=O) groups is 1. The molecule has 3 rings (SSSR count). The number of fused-ring (bicyclic) bond motifs is 1. The van der Waals surface area contributed by atoms with Gasteiger partial charge in [0, 0.05) is 11.9 Å². The molecule has 0 bridgehead atoms. The van der Waals surface area contributed by atoms with Gasteiger partial charge in [-0.3, -0.25) is 9.20 Å². The van der Waals surface area contributed by atoms with Crippen LogP contribution >= 0.6 is 11.8 Å². The summed E-state index contributed by atoms with van der Waals surface area (Å²) in [4.78, 5) is 12.3. The van der Waals surface area contributed by atoms with Gasteiger partial charge in [-0.15, -0.1) is 10.2 Å². The summed E-state index contributed by atoms with van der Waals surface area (Å²) in [6.07, 6.45) is -2.68. The summed E-state index contributed by atoms with van der Waals surface area (Å²) in [5.74, 6) is -0.419. The van der Waals surface area contributed by atoms with Crippen molar-refractivity contribution in [3.8, 4) is 0 Å². The number of nitrogens with zero attached hydrogens (tertiary/aromatic N) is 3. The third kappa shape index (κ3) is 3.93. The summed E-state index contributed by atoms with van der Waals surface area (Å²) in [5.41, 5.74) is -0.0667. The van der Waals surface area contributed by atoms with Crippen molar-refractivity contribution in [2.45, 2.75) is 23.5 Å². The summed E-state index contributed by atoms with van der Waals surface area (Å²) < 4.78 is 39.9. The van der Waals surface area contributed by atoms with Crippen LogP contribution in [0.3, 0.4) is 0 Å². The molecular weight excluding hydrogens is 353 g/mol. The topological polar surface area (TPSA) is 59.3 Å². The van der Waals surface area contributed by atoms with Gasteiger partial charge < -0.3 is 5.32 Å². The Balaban J connectivity index is 1.71. The zero-order valence-corrected chi connectivity index (χ0v) is 13.8. The highest BCUT2D eigenvalue weighted by molar-refractivity contribution is 8.00. The SMILES string of the molecule is C[C@@H](Sc1nnc2ccccn12)C(=O)Nc1cccc(C(F)(F)F)c1. The molecule has 0 aliphatic rings. The Kier molecular flexibility index (Phi) is 4.67. The summed E-state index contributed by atoms with van der Waals surface area (Å²) in [6.45, 7) is 1.65. The maximum atomic E-state index is 12.7. The molecule has 1 amide bonds. The first-order valence-electron chi connectivity index (χ1n) is 7.29. The number of benzene rings is 1. The van der Waals surface area contributed by atoms with Gasteiger partial charge in [0.15, 0.2) is 10.8 Å². The van der Waals surface area contributed by atoms with Crippen LogP contribution in [0.5, 0.6) is 0 Å². The Morgan fingerprint density at radius 1 is 1.20 bits per heavy atom. The molecule has 2 aromatic heterocycles. The highest BCUT2D eigenvalue weighted by Gasteiger charge is 2.30. The lowest BCUT2D eigenvalue weighted by Gasteiger charge is -2.13. The second kappa shape index (κ2) is 6.75. The average Bonchev–Trinajstić information content (AvgIpc) is 2.97. The number of pyridine rings is 1. The van der Waals surface area contributed by atoms with Crippen LogP contribution < -0.4 is 5.32 Å². The molecule has 130 valence electrons. The molecule has 25 heavy (non-hydrogen) atoms. The molecule has 1 aromatic carbocycles. The lowest BCUT2D eigenvalue weighted by atomic mass is 10.2. The van der Waals surface area contributed by atoms with E-state index in [1.807, 2.05) is 12.1 Å². The van der Waals surface area contributed by atoms with Crippen molar-refractivity contribution in [3.63, 3.8) is 0 Å². The number of amides is 1. The second-order valence-corrected chi connectivity index (χ2v) is 6.55. The monoisotopic (exact) mass is 366 g/mol. The minimum atomic E-state index is -4.46. The largest absolute Gasteiger partial charge is 0.416 e. The van der Waals surface area contributed by atoms with Crippen LogP contribution in [-0.2, 0) is 11.0 Å². The maximum absolute atomic E-state index is 12.7. The number of alkyl halides is 3. The van der Waals surface area contributed by atoms with Gasteiger partial charge in [-0.25, -0.2) is 0 Å². The van der Waals surface area contributed by atoms with E-state index in [1.54, 1.807) is 23.6 Å². The van der Waals surface area contributed by atoms with Crippen molar-refractivity contribution < 1.29 is 18.0 Å². The van der Waals surface area contributed by atoms with Gasteiger partial charge in [-0.05, 0) is 37.3 Å². The van der Waals surface area contributed by atoms with Gasteiger partial charge in [0.05, 0.1) is 10.8 Å². The van der Waals surface area contributed by atoms with Crippen LogP contribution in [0, 0.1) is 0 Å². The van der Waals surface area contributed by atoms with Crippen molar-refractivity contribution in [2.75, 3.05) is 5.32 Å². The number of anilines is 1. The molecule has 1 N–H and O–H groups in total. The molecule has 0 unspecified atom stereocenters. The lowest BCUT2D eigenvalue weighted by molar-refractivity contribution is -0.137. The fraction of sp³-hybridized carbons (Fsp3) is 0.188. The Bertz CT molecular complexity index is 910. The fourth-order valence-corrected chi connectivity index (χ4v) is 2.97. The first kappa shape index (κ1) is 17.3. The molecule has 2 heterocycles. The van der Waals surface area contributed by atoms with Crippen molar-refractivity contribution in [3.05, 3.63) is 54.2 Å². The smallest absolute Gasteiger partial charge is 0.325 e. The van der Waals surface area contributed by atoms with Crippen LogP contribution in [0.2, 0.25) is 0 Å². The van der Waals surface area contributed by atoms with Crippen molar-refractivity contribution in [1.82, 2.24) is 14.6 Å². The Morgan fingerprint density at radius 2 is 2.00 bits per heavy atom. The minimum Gasteiger partial charge on any atom is -0.325 e. The standard InChI is InChI=1S/C16H13F3N4OS/c1-10(25-15-22-21-13-7-2-3-8-23(13)15)14(24)20-12-6-4-5-11(9-12)16(17,18)19/h2-10H,1H3,(H,20,24)/t10-/m1/s1. The van der Waals surface area contributed by atoms with E-state index in [-0.39, 0.29) is 5.69 Å².